The van der Waals surface area contributed by atoms with Gasteiger partial charge in [0.2, 0.25) is 0 Å². The number of hydrogen-bond donors (Lipinski definition) is 1. The van der Waals surface area contributed by atoms with Gasteiger partial charge in [-0.15, -0.1) is 0 Å². The summed E-state index contributed by atoms with van der Waals surface area (Å²) in [5.74, 6) is 1.90. The molecule has 128 valence electrons. The molecule has 0 aliphatic carbocycles. The molecule has 22 heavy (non-hydrogen) atoms. The second-order valence-electron chi connectivity index (χ2n) is 6.71. The molecular weight excluding hydrogens is 276 g/mol. The van der Waals surface area contributed by atoms with Crippen LogP contribution in [0.15, 0.2) is 4.99 Å². The number of piperidine rings is 1. The molecule has 2 aliphatic rings. The lowest BCUT2D eigenvalue weighted by Gasteiger charge is -2.34. The molecule has 2 rings (SSSR count). The summed E-state index contributed by atoms with van der Waals surface area (Å²) in [5, 5.41) is 3.49. The van der Waals surface area contributed by atoms with E-state index in [-0.39, 0.29) is 0 Å². The van der Waals surface area contributed by atoms with Crippen molar-refractivity contribution in [1.29, 1.82) is 0 Å². The van der Waals surface area contributed by atoms with Crippen molar-refractivity contribution in [2.24, 2.45) is 10.9 Å². The van der Waals surface area contributed by atoms with Crippen molar-refractivity contribution >= 4 is 5.96 Å². The number of guanidine groups is 1. The van der Waals surface area contributed by atoms with Crippen LogP contribution in [0.4, 0.5) is 0 Å². The zero-order chi connectivity index (χ0) is 15.8. The molecule has 0 bridgehead atoms. The molecule has 0 radical (unpaired) electrons. The van der Waals surface area contributed by atoms with E-state index in [1.165, 1.54) is 32.2 Å². The molecule has 1 N–H and O–H groups in total. The summed E-state index contributed by atoms with van der Waals surface area (Å²) in [6.45, 7) is 11.7. The molecule has 5 nitrogen and oxygen atoms in total. The third kappa shape index (κ3) is 5.13. The van der Waals surface area contributed by atoms with Crippen LogP contribution >= 0.6 is 0 Å². The van der Waals surface area contributed by atoms with Gasteiger partial charge in [0, 0.05) is 39.3 Å². The van der Waals surface area contributed by atoms with E-state index < -0.39 is 0 Å². The molecule has 2 unspecified atom stereocenters. The second kappa shape index (κ2) is 9.36. The summed E-state index contributed by atoms with van der Waals surface area (Å²) in [4.78, 5) is 9.95. The highest BCUT2D eigenvalue weighted by Gasteiger charge is 2.25. The predicted molar refractivity (Wildman–Crippen MR) is 92.4 cm³/mol. The smallest absolute Gasteiger partial charge is 0.193 e. The van der Waals surface area contributed by atoms with Gasteiger partial charge in [0.05, 0.1) is 13.2 Å². The lowest BCUT2D eigenvalue weighted by molar-refractivity contribution is 0.142. The van der Waals surface area contributed by atoms with E-state index in [2.05, 4.69) is 29.0 Å². The molecule has 0 aromatic heterocycles. The minimum Gasteiger partial charge on any atom is -0.383 e. The van der Waals surface area contributed by atoms with Gasteiger partial charge in [0.25, 0.3) is 0 Å². The van der Waals surface area contributed by atoms with E-state index in [9.17, 15) is 0 Å². The van der Waals surface area contributed by atoms with E-state index in [1.807, 2.05) is 0 Å². The lowest BCUT2D eigenvalue weighted by atomic mass is 10.0. The maximum atomic E-state index is 5.23. The van der Waals surface area contributed by atoms with Gasteiger partial charge in [-0.1, -0.05) is 6.92 Å². The van der Waals surface area contributed by atoms with Crippen LogP contribution in [0.3, 0.4) is 0 Å². The largest absolute Gasteiger partial charge is 0.383 e. The van der Waals surface area contributed by atoms with Crippen molar-refractivity contribution in [3.8, 4) is 0 Å². The van der Waals surface area contributed by atoms with Crippen LogP contribution in [-0.2, 0) is 4.74 Å². The molecule has 0 amide bonds. The number of methoxy groups -OCH3 is 1. The van der Waals surface area contributed by atoms with Gasteiger partial charge < -0.3 is 15.0 Å². The van der Waals surface area contributed by atoms with E-state index in [0.29, 0.717) is 6.04 Å². The number of aliphatic imine (C=N–C) groups is 1. The first-order chi connectivity index (χ1) is 10.7. The molecule has 2 heterocycles. The molecule has 2 fully saturated rings. The van der Waals surface area contributed by atoms with Gasteiger partial charge in [0.15, 0.2) is 5.96 Å². The van der Waals surface area contributed by atoms with Crippen LogP contribution in [0.2, 0.25) is 0 Å². The summed E-state index contributed by atoms with van der Waals surface area (Å²) < 4.78 is 5.23. The predicted octanol–water partition coefficient (Wildman–Crippen LogP) is 1.79. The van der Waals surface area contributed by atoms with Crippen LogP contribution in [-0.4, -0.2) is 74.8 Å². The van der Waals surface area contributed by atoms with Gasteiger partial charge in [-0.05, 0) is 45.1 Å². The van der Waals surface area contributed by atoms with Gasteiger partial charge in [-0.2, -0.15) is 0 Å². The van der Waals surface area contributed by atoms with E-state index in [4.69, 9.17) is 9.73 Å². The maximum absolute atomic E-state index is 5.23. The van der Waals surface area contributed by atoms with Gasteiger partial charge in [-0.25, -0.2) is 0 Å². The Morgan fingerprint density at radius 1 is 1.27 bits per heavy atom. The Hall–Kier alpha value is -0.810. The standard InChI is InChI=1S/C17H34N4O/c1-4-18-17(21-10-5-7-15(2)14-21)19-13-16-8-6-9-20(16)11-12-22-3/h15-16H,4-14H2,1-3H3,(H,18,19). The molecule has 0 aromatic rings. The van der Waals surface area contributed by atoms with Gasteiger partial charge in [-0.3, -0.25) is 9.89 Å². The monoisotopic (exact) mass is 310 g/mol. The van der Waals surface area contributed by atoms with E-state index in [0.717, 1.165) is 51.2 Å². The Morgan fingerprint density at radius 2 is 2.09 bits per heavy atom. The zero-order valence-corrected chi connectivity index (χ0v) is 14.7. The first-order valence-electron chi connectivity index (χ1n) is 9.00. The number of rotatable bonds is 6. The highest BCUT2D eigenvalue weighted by Crippen LogP contribution is 2.18. The fourth-order valence-corrected chi connectivity index (χ4v) is 3.60. The minimum absolute atomic E-state index is 0.589. The molecule has 2 atom stereocenters. The number of nitrogens with one attached hydrogen (secondary N) is 1. The first-order valence-corrected chi connectivity index (χ1v) is 9.00. The fraction of sp³-hybridized carbons (Fsp3) is 0.941. The Bertz CT molecular complexity index is 348. The average Bonchev–Trinajstić information content (AvgIpc) is 2.96. The van der Waals surface area contributed by atoms with Crippen LogP contribution in [0.25, 0.3) is 0 Å². The number of likely N-dealkylation sites (tertiary alicyclic amines) is 2. The SMILES string of the molecule is CCNC(=NCC1CCCN1CCOC)N1CCCC(C)C1. The average molecular weight is 310 g/mol. The topological polar surface area (TPSA) is 40.1 Å². The molecule has 0 spiro atoms. The zero-order valence-electron chi connectivity index (χ0n) is 14.7. The Labute approximate surface area is 136 Å². The van der Waals surface area contributed by atoms with Crippen molar-refractivity contribution in [2.45, 2.75) is 45.6 Å². The van der Waals surface area contributed by atoms with Crippen molar-refractivity contribution in [3.63, 3.8) is 0 Å². The molecule has 2 aliphatic heterocycles. The first kappa shape index (κ1) is 17.5. The van der Waals surface area contributed by atoms with Gasteiger partial charge >= 0.3 is 0 Å². The lowest BCUT2D eigenvalue weighted by Crippen LogP contribution is -2.46. The fourth-order valence-electron chi connectivity index (χ4n) is 3.60. The third-order valence-electron chi connectivity index (χ3n) is 4.82. The van der Waals surface area contributed by atoms with E-state index >= 15 is 0 Å². The molecular formula is C17H34N4O. The van der Waals surface area contributed by atoms with Crippen LogP contribution in [0.1, 0.15) is 39.5 Å². The Balaban J connectivity index is 1.91. The molecule has 5 heteroatoms. The molecule has 2 saturated heterocycles. The van der Waals surface area contributed by atoms with E-state index in [1.54, 1.807) is 7.11 Å². The third-order valence-corrected chi connectivity index (χ3v) is 4.82. The van der Waals surface area contributed by atoms with Crippen molar-refractivity contribution in [1.82, 2.24) is 15.1 Å². The van der Waals surface area contributed by atoms with Gasteiger partial charge in [0.1, 0.15) is 0 Å². The Kier molecular flexibility index (Phi) is 7.46. The van der Waals surface area contributed by atoms with Crippen molar-refractivity contribution in [3.05, 3.63) is 0 Å². The molecule has 0 saturated carbocycles. The summed E-state index contributed by atoms with van der Waals surface area (Å²) in [7, 11) is 1.78. The number of nitrogens with zero attached hydrogens (tertiary/aromatic N) is 3. The van der Waals surface area contributed by atoms with Crippen LogP contribution in [0, 0.1) is 5.92 Å². The normalized spacial score (nSPS) is 27.4. The van der Waals surface area contributed by atoms with Crippen LogP contribution < -0.4 is 5.32 Å². The minimum atomic E-state index is 0.589. The van der Waals surface area contributed by atoms with Crippen LogP contribution in [0.5, 0.6) is 0 Å². The summed E-state index contributed by atoms with van der Waals surface area (Å²) in [6, 6.07) is 0.589. The summed E-state index contributed by atoms with van der Waals surface area (Å²) >= 11 is 0. The summed E-state index contributed by atoms with van der Waals surface area (Å²) in [6.07, 6.45) is 5.20. The highest BCUT2D eigenvalue weighted by molar-refractivity contribution is 5.80. The maximum Gasteiger partial charge on any atom is 0.193 e. The second-order valence-corrected chi connectivity index (χ2v) is 6.71. The molecule has 0 aromatic carbocycles. The quantitative estimate of drug-likeness (QED) is 0.600. The highest BCUT2D eigenvalue weighted by atomic mass is 16.5. The number of hydrogen-bond acceptors (Lipinski definition) is 3. The Morgan fingerprint density at radius 3 is 2.82 bits per heavy atom. The summed E-state index contributed by atoms with van der Waals surface area (Å²) in [5.41, 5.74) is 0. The van der Waals surface area contributed by atoms with Crippen molar-refractivity contribution in [2.75, 3.05) is 53.0 Å². The van der Waals surface area contributed by atoms with Crippen molar-refractivity contribution < 1.29 is 4.74 Å². The number of ether oxygens (including phenoxy) is 1.